The van der Waals surface area contributed by atoms with Crippen LogP contribution in [0.15, 0.2) is 18.2 Å². The van der Waals surface area contributed by atoms with Gasteiger partial charge in [0.25, 0.3) is 0 Å². The minimum absolute atomic E-state index is 0.318. The predicted octanol–water partition coefficient (Wildman–Crippen LogP) is 4.66. The average molecular weight is 313 g/mol. The number of nitrogens with zero attached hydrogens (tertiary/aromatic N) is 1. The van der Waals surface area contributed by atoms with Crippen LogP contribution in [-0.4, -0.2) is 11.5 Å². The molecule has 0 amide bonds. The van der Waals surface area contributed by atoms with Gasteiger partial charge in [0.1, 0.15) is 10.8 Å². The summed E-state index contributed by atoms with van der Waals surface area (Å²) < 4.78 is 14.0. The molecular formula is C15H18ClFN2S. The van der Waals surface area contributed by atoms with Gasteiger partial charge in [-0.05, 0) is 31.5 Å². The molecule has 1 aromatic heterocycles. The Labute approximate surface area is 128 Å². The van der Waals surface area contributed by atoms with E-state index in [0.717, 1.165) is 36.5 Å². The zero-order valence-corrected chi connectivity index (χ0v) is 13.2. The third-order valence-electron chi connectivity index (χ3n) is 3.00. The van der Waals surface area contributed by atoms with E-state index < -0.39 is 0 Å². The zero-order valence-electron chi connectivity index (χ0n) is 11.7. The van der Waals surface area contributed by atoms with E-state index in [2.05, 4.69) is 24.1 Å². The lowest BCUT2D eigenvalue weighted by Crippen LogP contribution is -2.13. The van der Waals surface area contributed by atoms with E-state index in [0.29, 0.717) is 15.6 Å². The second kappa shape index (κ2) is 7.16. The summed E-state index contributed by atoms with van der Waals surface area (Å²) in [6.45, 7) is 5.94. The van der Waals surface area contributed by atoms with Gasteiger partial charge >= 0.3 is 0 Å². The number of benzene rings is 1. The van der Waals surface area contributed by atoms with Gasteiger partial charge in [-0.25, -0.2) is 9.37 Å². The monoisotopic (exact) mass is 312 g/mol. The molecule has 108 valence electrons. The number of aryl methyl sites for hydroxylation is 1. The van der Waals surface area contributed by atoms with Crippen LogP contribution >= 0.6 is 22.9 Å². The Kier molecular flexibility index (Phi) is 5.52. The third-order valence-corrected chi connectivity index (χ3v) is 4.43. The Morgan fingerprint density at radius 3 is 2.80 bits per heavy atom. The van der Waals surface area contributed by atoms with Gasteiger partial charge in [0, 0.05) is 11.4 Å². The van der Waals surface area contributed by atoms with Crippen LogP contribution in [0.1, 0.15) is 30.8 Å². The molecule has 0 saturated heterocycles. The van der Waals surface area contributed by atoms with Crippen LogP contribution in [0.4, 0.5) is 4.39 Å². The lowest BCUT2D eigenvalue weighted by molar-refractivity contribution is 0.631. The SMILES string of the molecule is CCCNCc1sc(-c2c(F)cccc2Cl)nc1CC. The van der Waals surface area contributed by atoms with Crippen molar-refractivity contribution >= 4 is 22.9 Å². The van der Waals surface area contributed by atoms with Crippen LogP contribution < -0.4 is 5.32 Å². The molecule has 1 aromatic carbocycles. The van der Waals surface area contributed by atoms with Crippen LogP contribution in [0.5, 0.6) is 0 Å². The van der Waals surface area contributed by atoms with Crippen LogP contribution in [0.2, 0.25) is 5.02 Å². The summed E-state index contributed by atoms with van der Waals surface area (Å²) in [5, 5.41) is 4.44. The van der Waals surface area contributed by atoms with E-state index in [1.165, 1.54) is 17.4 Å². The number of rotatable bonds is 6. The highest BCUT2D eigenvalue weighted by atomic mass is 35.5. The van der Waals surface area contributed by atoms with Gasteiger partial charge in [0.15, 0.2) is 0 Å². The molecule has 20 heavy (non-hydrogen) atoms. The Balaban J connectivity index is 2.33. The summed E-state index contributed by atoms with van der Waals surface area (Å²) >= 11 is 7.62. The molecule has 0 aliphatic heterocycles. The number of thiazole rings is 1. The van der Waals surface area contributed by atoms with E-state index in [-0.39, 0.29) is 5.82 Å². The second-order valence-corrected chi connectivity index (χ2v) is 6.01. The fourth-order valence-corrected chi connectivity index (χ4v) is 3.47. The highest BCUT2D eigenvalue weighted by Crippen LogP contribution is 2.35. The largest absolute Gasteiger partial charge is 0.312 e. The van der Waals surface area contributed by atoms with Gasteiger partial charge in [-0.3, -0.25) is 0 Å². The van der Waals surface area contributed by atoms with E-state index in [1.807, 2.05) is 0 Å². The number of hydrogen-bond donors (Lipinski definition) is 1. The second-order valence-electron chi connectivity index (χ2n) is 4.52. The molecule has 2 aromatic rings. The molecule has 1 heterocycles. The molecule has 0 fully saturated rings. The van der Waals surface area contributed by atoms with E-state index in [1.54, 1.807) is 12.1 Å². The predicted molar refractivity (Wildman–Crippen MR) is 83.9 cm³/mol. The molecule has 2 rings (SSSR count). The van der Waals surface area contributed by atoms with Gasteiger partial charge in [-0.2, -0.15) is 0 Å². The molecule has 2 nitrogen and oxygen atoms in total. The van der Waals surface area contributed by atoms with Crippen LogP contribution in [0, 0.1) is 5.82 Å². The van der Waals surface area contributed by atoms with E-state index in [4.69, 9.17) is 11.6 Å². The van der Waals surface area contributed by atoms with Crippen molar-refractivity contribution in [2.75, 3.05) is 6.54 Å². The fourth-order valence-electron chi connectivity index (χ4n) is 1.99. The summed E-state index contributed by atoms with van der Waals surface area (Å²) in [7, 11) is 0. The number of halogens is 2. The van der Waals surface area contributed by atoms with Gasteiger partial charge in [-0.15, -0.1) is 11.3 Å². The fraction of sp³-hybridized carbons (Fsp3) is 0.400. The van der Waals surface area contributed by atoms with Gasteiger partial charge in [-0.1, -0.05) is 31.5 Å². The van der Waals surface area contributed by atoms with Crippen LogP contribution in [-0.2, 0) is 13.0 Å². The van der Waals surface area contributed by atoms with Gasteiger partial charge in [0.2, 0.25) is 0 Å². The Morgan fingerprint density at radius 1 is 1.35 bits per heavy atom. The van der Waals surface area contributed by atoms with Gasteiger partial charge < -0.3 is 5.32 Å². The smallest absolute Gasteiger partial charge is 0.134 e. The van der Waals surface area contributed by atoms with Crippen LogP contribution in [0.25, 0.3) is 10.6 Å². The number of nitrogens with one attached hydrogen (secondary N) is 1. The standard InChI is InChI=1S/C15H18ClFN2S/c1-3-8-18-9-13-12(4-2)19-15(20-13)14-10(16)6-5-7-11(14)17/h5-7,18H,3-4,8-9H2,1-2H3. The minimum atomic E-state index is -0.318. The maximum absolute atomic E-state index is 14.0. The van der Waals surface area contributed by atoms with Gasteiger partial charge in [0.05, 0.1) is 16.3 Å². The molecule has 0 saturated carbocycles. The third kappa shape index (κ3) is 3.37. The first-order valence-corrected chi connectivity index (χ1v) is 8.00. The number of hydrogen-bond acceptors (Lipinski definition) is 3. The summed E-state index contributed by atoms with van der Waals surface area (Å²) in [4.78, 5) is 5.72. The quantitative estimate of drug-likeness (QED) is 0.784. The molecule has 0 aliphatic rings. The molecule has 0 radical (unpaired) electrons. The van der Waals surface area contributed by atoms with Crippen molar-refractivity contribution in [3.63, 3.8) is 0 Å². The topological polar surface area (TPSA) is 24.9 Å². The van der Waals surface area contributed by atoms with Crippen molar-refractivity contribution in [1.29, 1.82) is 0 Å². The van der Waals surface area contributed by atoms with Crippen molar-refractivity contribution in [2.24, 2.45) is 0 Å². The van der Waals surface area contributed by atoms with Crippen molar-refractivity contribution in [3.05, 3.63) is 39.6 Å². The van der Waals surface area contributed by atoms with Crippen molar-refractivity contribution in [2.45, 2.75) is 33.2 Å². The van der Waals surface area contributed by atoms with Crippen LogP contribution in [0.3, 0.4) is 0 Å². The molecule has 1 N–H and O–H groups in total. The maximum atomic E-state index is 14.0. The summed E-state index contributed by atoms with van der Waals surface area (Å²) in [6.07, 6.45) is 1.93. The first-order valence-electron chi connectivity index (χ1n) is 6.81. The van der Waals surface area contributed by atoms with Crippen molar-refractivity contribution in [3.8, 4) is 10.6 Å². The summed E-state index contributed by atoms with van der Waals surface area (Å²) in [6, 6.07) is 4.73. The molecular weight excluding hydrogens is 295 g/mol. The summed E-state index contributed by atoms with van der Waals surface area (Å²) in [5.41, 5.74) is 1.43. The highest BCUT2D eigenvalue weighted by molar-refractivity contribution is 7.15. The molecule has 0 spiro atoms. The van der Waals surface area contributed by atoms with E-state index >= 15 is 0 Å². The maximum Gasteiger partial charge on any atom is 0.134 e. The molecule has 0 aliphatic carbocycles. The minimum Gasteiger partial charge on any atom is -0.312 e. The van der Waals surface area contributed by atoms with E-state index in [9.17, 15) is 4.39 Å². The van der Waals surface area contributed by atoms with Crippen molar-refractivity contribution in [1.82, 2.24) is 10.3 Å². The first kappa shape index (κ1) is 15.4. The Morgan fingerprint density at radius 2 is 2.15 bits per heavy atom. The normalized spacial score (nSPS) is 11.0. The highest BCUT2D eigenvalue weighted by Gasteiger charge is 2.16. The number of aromatic nitrogens is 1. The summed E-state index contributed by atoms with van der Waals surface area (Å²) in [5.74, 6) is -0.318. The first-order chi connectivity index (χ1) is 9.67. The Hall–Kier alpha value is -0.970. The zero-order chi connectivity index (χ0) is 14.5. The van der Waals surface area contributed by atoms with Crippen molar-refractivity contribution < 1.29 is 4.39 Å². The average Bonchev–Trinajstić information content (AvgIpc) is 2.82. The molecule has 0 unspecified atom stereocenters. The lowest BCUT2D eigenvalue weighted by atomic mass is 10.2. The molecule has 0 bridgehead atoms. The molecule has 5 heteroatoms. The molecule has 0 atom stereocenters. The Bertz CT molecular complexity index is 563. The lowest BCUT2D eigenvalue weighted by Gasteiger charge is -2.01.